The normalized spacial score (nSPS) is 19.1. The zero-order chi connectivity index (χ0) is 26.3. The molecular formula is C27H64O4Si4. The molecule has 0 aromatic carbocycles. The van der Waals surface area contributed by atoms with E-state index in [0.29, 0.717) is 18.8 Å². The van der Waals surface area contributed by atoms with Crippen LogP contribution < -0.4 is 0 Å². The Bertz CT molecular complexity index is 508. The molecule has 8 heteroatoms. The number of hydrogen-bond donors (Lipinski definition) is 0. The lowest BCUT2D eigenvalue weighted by Crippen LogP contribution is -2.30. The molecule has 2 heterocycles. The van der Waals surface area contributed by atoms with E-state index in [1.54, 1.807) is 18.2 Å². The monoisotopic (exact) mass is 564 g/mol. The maximum Gasteiger partial charge on any atom is 0.104 e. The molecule has 0 spiro atoms. The maximum atomic E-state index is 5.60. The molecule has 35 heavy (non-hydrogen) atoms. The highest BCUT2D eigenvalue weighted by molar-refractivity contribution is 6.82. The van der Waals surface area contributed by atoms with E-state index >= 15 is 0 Å². The van der Waals surface area contributed by atoms with Crippen molar-refractivity contribution in [2.45, 2.75) is 122 Å². The lowest BCUT2D eigenvalue weighted by molar-refractivity contribution is 0.117. The zero-order valence-electron chi connectivity index (χ0n) is 24.6. The molecule has 0 aromatic heterocycles. The fourth-order valence-electron chi connectivity index (χ4n) is 3.04. The van der Waals surface area contributed by atoms with E-state index in [2.05, 4.69) is 72.0 Å². The molecule has 2 saturated heterocycles. The lowest BCUT2D eigenvalue weighted by atomic mass is 10.5. The molecule has 2 unspecified atom stereocenters. The molecule has 2 aliphatic heterocycles. The first-order valence-corrected chi connectivity index (χ1v) is 27.6. The Kier molecular flexibility index (Phi) is 21.0. The Labute approximate surface area is 225 Å². The molecule has 2 aliphatic rings. The van der Waals surface area contributed by atoms with E-state index in [4.69, 9.17) is 18.9 Å². The Morgan fingerprint density at radius 3 is 1.66 bits per heavy atom. The Balaban J connectivity index is 0. The molecule has 0 N–H and O–H groups in total. The van der Waals surface area contributed by atoms with Crippen LogP contribution in [0.4, 0.5) is 0 Å². The van der Waals surface area contributed by atoms with Crippen LogP contribution in [0.3, 0.4) is 0 Å². The van der Waals surface area contributed by atoms with E-state index < -0.39 is 24.2 Å². The summed E-state index contributed by atoms with van der Waals surface area (Å²) < 4.78 is 20.7. The third-order valence-electron chi connectivity index (χ3n) is 5.81. The summed E-state index contributed by atoms with van der Waals surface area (Å²) in [5, 5.41) is 0. The van der Waals surface area contributed by atoms with Gasteiger partial charge >= 0.3 is 0 Å². The van der Waals surface area contributed by atoms with Gasteiger partial charge in [0.2, 0.25) is 0 Å². The van der Waals surface area contributed by atoms with Crippen molar-refractivity contribution < 1.29 is 18.9 Å². The summed E-state index contributed by atoms with van der Waals surface area (Å²) in [6, 6.07) is 7.55. The summed E-state index contributed by atoms with van der Waals surface area (Å²) in [6.45, 7) is 33.2. The average Bonchev–Trinajstić information content (AvgIpc) is 3.60. The van der Waals surface area contributed by atoms with Crippen LogP contribution in [0.2, 0.25) is 95.7 Å². The first-order valence-electron chi connectivity index (χ1n) is 13.6. The van der Waals surface area contributed by atoms with Crippen molar-refractivity contribution in [3.8, 4) is 0 Å². The summed E-state index contributed by atoms with van der Waals surface area (Å²) in [5.74, 6) is 0. The second kappa shape index (κ2) is 19.5. The van der Waals surface area contributed by atoms with Crippen molar-refractivity contribution in [2.75, 3.05) is 39.6 Å². The molecule has 4 nitrogen and oxygen atoms in total. The van der Waals surface area contributed by atoms with Crippen LogP contribution in [0, 0.1) is 0 Å². The highest BCUT2D eigenvalue weighted by atomic mass is 28.3. The second-order valence-corrected chi connectivity index (χ2v) is 33.6. The van der Waals surface area contributed by atoms with Gasteiger partial charge in [-0.05, 0) is 6.42 Å². The molecule has 0 amide bonds. The van der Waals surface area contributed by atoms with Crippen LogP contribution in [0.25, 0.3) is 0 Å². The van der Waals surface area contributed by atoms with Crippen LogP contribution in [-0.2, 0) is 18.9 Å². The molecule has 0 radical (unpaired) electrons. The largest absolute Gasteiger partial charge is 0.379 e. The maximum absolute atomic E-state index is 5.60. The van der Waals surface area contributed by atoms with Gasteiger partial charge < -0.3 is 18.9 Å². The number of ether oxygens (including phenoxy) is 4. The molecule has 2 fully saturated rings. The van der Waals surface area contributed by atoms with Gasteiger partial charge in [-0.15, -0.1) is 6.58 Å². The van der Waals surface area contributed by atoms with E-state index in [-0.39, 0.29) is 16.2 Å². The molecular weight excluding hydrogens is 501 g/mol. The van der Waals surface area contributed by atoms with Crippen molar-refractivity contribution in [1.82, 2.24) is 0 Å². The third kappa shape index (κ3) is 32.4. The van der Waals surface area contributed by atoms with Gasteiger partial charge in [0.25, 0.3) is 0 Å². The van der Waals surface area contributed by atoms with Crippen LogP contribution >= 0.6 is 0 Å². The fraction of sp³-hybridized carbons (Fsp3) is 0.926. The molecule has 0 bridgehead atoms. The molecule has 0 saturated carbocycles. The third-order valence-corrected chi connectivity index (χ3v) is 15.2. The minimum atomic E-state index is -0.951. The molecule has 212 valence electrons. The minimum Gasteiger partial charge on any atom is -0.379 e. The van der Waals surface area contributed by atoms with Crippen LogP contribution in [0.1, 0.15) is 13.8 Å². The Morgan fingerprint density at radius 1 is 0.800 bits per heavy atom. The Morgan fingerprint density at radius 2 is 1.29 bits per heavy atom. The number of rotatable bonds is 16. The van der Waals surface area contributed by atoms with Gasteiger partial charge in [-0.2, -0.15) is 0 Å². The SMILES string of the molecule is C.C=CCOCC1CO1.C[SiH](C)CC[Si](C)(C)C.C[Si](C)(C)CC[Si](C)(C)CCCOCC1CO1. The highest BCUT2D eigenvalue weighted by Gasteiger charge is 2.25. The fourth-order valence-corrected chi connectivity index (χ4v) is 15.9. The van der Waals surface area contributed by atoms with Gasteiger partial charge in [0, 0.05) is 39.6 Å². The molecule has 0 aliphatic carbocycles. The minimum absolute atomic E-state index is 0. The number of hydrogen-bond acceptors (Lipinski definition) is 4. The predicted molar refractivity (Wildman–Crippen MR) is 170 cm³/mol. The average molecular weight is 565 g/mol. The summed E-state index contributed by atoms with van der Waals surface area (Å²) in [5.41, 5.74) is 0. The van der Waals surface area contributed by atoms with Crippen molar-refractivity contribution in [2.24, 2.45) is 0 Å². The number of epoxide rings is 2. The lowest BCUT2D eigenvalue weighted by Gasteiger charge is -2.26. The van der Waals surface area contributed by atoms with Crippen molar-refractivity contribution in [3.05, 3.63) is 12.7 Å². The van der Waals surface area contributed by atoms with Crippen molar-refractivity contribution in [3.63, 3.8) is 0 Å². The first kappa shape index (κ1) is 37.6. The zero-order valence-corrected chi connectivity index (χ0v) is 28.8. The van der Waals surface area contributed by atoms with Crippen molar-refractivity contribution >= 4 is 33.0 Å². The van der Waals surface area contributed by atoms with Crippen molar-refractivity contribution in [1.29, 1.82) is 0 Å². The van der Waals surface area contributed by atoms with E-state index in [0.717, 1.165) is 33.0 Å². The van der Waals surface area contributed by atoms with Gasteiger partial charge in [0.15, 0.2) is 0 Å². The van der Waals surface area contributed by atoms with Gasteiger partial charge in [-0.1, -0.05) is 109 Å². The van der Waals surface area contributed by atoms with E-state index in [1.807, 2.05) is 0 Å². The first-order chi connectivity index (χ1) is 15.6. The molecule has 2 rings (SSSR count). The second-order valence-electron chi connectivity index (χ2n) is 13.6. The van der Waals surface area contributed by atoms with Crippen LogP contribution in [0.15, 0.2) is 12.7 Å². The molecule has 0 aromatic rings. The van der Waals surface area contributed by atoms with Gasteiger partial charge in [0.05, 0.1) is 33.0 Å². The summed E-state index contributed by atoms with van der Waals surface area (Å²) >= 11 is 0. The quantitative estimate of drug-likeness (QED) is 0.0828. The van der Waals surface area contributed by atoms with Gasteiger partial charge in [0.1, 0.15) is 12.2 Å². The molecule has 2 atom stereocenters. The summed E-state index contributed by atoms with van der Waals surface area (Å²) in [7, 11) is -2.71. The topological polar surface area (TPSA) is 43.5 Å². The standard InChI is InChI=1S/C13H30O2Si2.C7H20Si2.C6H10O2.CH4/c1-16(2,3)9-10-17(4,5)8-6-7-14-11-13-12-15-13;1-8(2)6-7-9(3,4)5;1-2-3-7-4-6-5-8-6;/h13H,6-12H2,1-5H3;8H,6-7H2,1-5H3;2,6H,1,3-5H2;1H4. The smallest absolute Gasteiger partial charge is 0.104 e. The summed E-state index contributed by atoms with van der Waals surface area (Å²) in [6.07, 6.45) is 3.79. The van der Waals surface area contributed by atoms with E-state index in [9.17, 15) is 0 Å². The van der Waals surface area contributed by atoms with E-state index in [1.165, 1.54) is 24.6 Å². The predicted octanol–water partition coefficient (Wildman–Crippen LogP) is 7.87. The summed E-state index contributed by atoms with van der Waals surface area (Å²) in [4.78, 5) is 0. The van der Waals surface area contributed by atoms with Crippen LogP contribution in [-0.4, -0.2) is 84.9 Å². The van der Waals surface area contributed by atoms with Gasteiger partial charge in [-0.3, -0.25) is 0 Å². The highest BCUT2D eigenvalue weighted by Crippen LogP contribution is 2.24. The van der Waals surface area contributed by atoms with Crippen LogP contribution in [0.5, 0.6) is 0 Å². The van der Waals surface area contributed by atoms with Gasteiger partial charge in [-0.25, -0.2) is 0 Å². The Hall–Kier alpha value is 0.448.